The Bertz CT molecular complexity index is 1390. The van der Waals surface area contributed by atoms with Gasteiger partial charge in [0.2, 0.25) is 5.95 Å². The molecule has 0 aliphatic rings. The third kappa shape index (κ3) is 9.09. The van der Waals surface area contributed by atoms with Gasteiger partial charge in [-0.05, 0) is 50.1 Å². The fourth-order valence-electron chi connectivity index (χ4n) is 3.52. The molecule has 4 aromatic rings. The highest BCUT2D eigenvalue weighted by Gasteiger charge is 2.11. The number of aromatic nitrogens is 4. The topological polar surface area (TPSA) is 123 Å². The summed E-state index contributed by atoms with van der Waals surface area (Å²) in [6.07, 6.45) is 8.57. The number of hydrogen-bond donors (Lipinski definition) is 4. The molecule has 0 saturated carbocycles. The zero-order valence-electron chi connectivity index (χ0n) is 24.1. The molecule has 0 radical (unpaired) electrons. The second-order valence-corrected chi connectivity index (χ2v) is 8.06. The lowest BCUT2D eigenvalue weighted by molar-refractivity contribution is 0.111. The van der Waals surface area contributed by atoms with Crippen LogP contribution in [0.2, 0.25) is 0 Å². The minimum absolute atomic E-state index is 0.0688. The molecule has 5 N–H and O–H groups in total. The number of aromatic amines is 1. The molecule has 1 atom stereocenters. The van der Waals surface area contributed by atoms with Gasteiger partial charge in [0.15, 0.2) is 11.6 Å². The van der Waals surface area contributed by atoms with Crippen LogP contribution in [-0.2, 0) is 4.74 Å². The molecule has 0 fully saturated rings. The molecule has 1 aromatic carbocycles. The molecule has 214 valence electrons. The fourth-order valence-corrected chi connectivity index (χ4v) is 3.52. The number of benzene rings is 1. The quantitative estimate of drug-likeness (QED) is 0.139. The van der Waals surface area contributed by atoms with Crippen molar-refractivity contribution in [3.05, 3.63) is 79.0 Å². The number of allylic oxidation sites excluding steroid dienone is 3. The van der Waals surface area contributed by atoms with Gasteiger partial charge in [0.1, 0.15) is 23.0 Å². The Balaban J connectivity index is 0.00000134. The number of methoxy groups -OCH3 is 1. The molecule has 3 heterocycles. The standard InChI is InChI=1S/C26H28FN7O2.2C2H6/c1-4-5-17(7-6-16(2)35-3)31-23-15-24(34-26(28)33-23)32-18-8-9-22(20(27)14-18)36-21-11-13-30-25-19(21)10-12-29-25;2*1-2/h4-5,8-16H,1,6-7H2,2-3H3,(H,29,30)(H4,28,31,32,33,34);2*1-2H3/b17-5+;;. The van der Waals surface area contributed by atoms with Crippen LogP contribution in [0.4, 0.5) is 27.7 Å². The summed E-state index contributed by atoms with van der Waals surface area (Å²) in [7, 11) is 1.68. The summed E-state index contributed by atoms with van der Waals surface area (Å²) >= 11 is 0. The maximum absolute atomic E-state index is 14.9. The SMILES string of the molecule is C=C/C=C(\CCC(C)OC)Nc1cc(Nc2ccc(Oc3ccnc4[nH]ccc34)c(F)c2)nc(N)n1.CC.CC. The Labute approximate surface area is 235 Å². The first-order chi connectivity index (χ1) is 19.4. The van der Waals surface area contributed by atoms with Gasteiger partial charge in [-0.1, -0.05) is 40.3 Å². The molecular formula is C30H40FN7O2. The van der Waals surface area contributed by atoms with E-state index in [-0.39, 0.29) is 17.8 Å². The third-order valence-electron chi connectivity index (χ3n) is 5.42. The summed E-state index contributed by atoms with van der Waals surface area (Å²) in [5, 5.41) is 7.08. The minimum atomic E-state index is -0.538. The predicted molar refractivity (Wildman–Crippen MR) is 163 cm³/mol. The first-order valence-corrected chi connectivity index (χ1v) is 13.4. The van der Waals surface area contributed by atoms with Gasteiger partial charge < -0.3 is 30.8 Å². The number of ether oxygens (including phenoxy) is 2. The smallest absolute Gasteiger partial charge is 0.223 e. The van der Waals surface area contributed by atoms with Crippen molar-refractivity contribution in [2.75, 3.05) is 23.5 Å². The normalized spacial score (nSPS) is 11.4. The molecule has 0 saturated heterocycles. The number of anilines is 4. The zero-order valence-corrected chi connectivity index (χ0v) is 24.1. The second-order valence-electron chi connectivity index (χ2n) is 8.06. The van der Waals surface area contributed by atoms with E-state index in [0.29, 0.717) is 28.7 Å². The Hall–Kier alpha value is -4.44. The zero-order chi connectivity index (χ0) is 29.5. The Morgan fingerprint density at radius 2 is 1.85 bits per heavy atom. The van der Waals surface area contributed by atoms with Crippen LogP contribution in [0.15, 0.2) is 73.2 Å². The van der Waals surface area contributed by atoms with Crippen molar-refractivity contribution in [3.63, 3.8) is 0 Å². The van der Waals surface area contributed by atoms with Gasteiger partial charge in [0.25, 0.3) is 0 Å². The molecule has 1 unspecified atom stereocenters. The van der Waals surface area contributed by atoms with Crippen molar-refractivity contribution >= 4 is 34.3 Å². The number of nitrogens with zero attached hydrogens (tertiary/aromatic N) is 3. The molecule has 10 heteroatoms. The van der Waals surface area contributed by atoms with Gasteiger partial charge in [-0.3, -0.25) is 0 Å². The van der Waals surface area contributed by atoms with Crippen LogP contribution in [0.25, 0.3) is 11.0 Å². The number of halogens is 1. The third-order valence-corrected chi connectivity index (χ3v) is 5.42. The Morgan fingerprint density at radius 3 is 2.55 bits per heavy atom. The van der Waals surface area contributed by atoms with Crippen molar-refractivity contribution < 1.29 is 13.9 Å². The van der Waals surface area contributed by atoms with E-state index in [1.807, 2.05) is 46.8 Å². The summed E-state index contributed by atoms with van der Waals surface area (Å²) in [5.74, 6) is 1.02. The maximum atomic E-state index is 14.9. The number of H-pyrrole nitrogens is 1. The van der Waals surface area contributed by atoms with Crippen LogP contribution >= 0.6 is 0 Å². The van der Waals surface area contributed by atoms with Gasteiger partial charge in [0, 0.05) is 43.0 Å². The average molecular weight is 550 g/mol. The van der Waals surface area contributed by atoms with Crippen LogP contribution in [0, 0.1) is 5.82 Å². The van der Waals surface area contributed by atoms with Crippen molar-refractivity contribution in [1.82, 2.24) is 19.9 Å². The number of hydrogen-bond acceptors (Lipinski definition) is 8. The van der Waals surface area contributed by atoms with Crippen molar-refractivity contribution in [1.29, 1.82) is 0 Å². The summed E-state index contributed by atoms with van der Waals surface area (Å²) in [6.45, 7) is 13.8. The number of fused-ring (bicyclic) bond motifs is 1. The van der Waals surface area contributed by atoms with Gasteiger partial charge in [-0.15, -0.1) is 0 Å². The van der Waals surface area contributed by atoms with Crippen LogP contribution < -0.4 is 21.1 Å². The lowest BCUT2D eigenvalue weighted by atomic mass is 10.1. The summed E-state index contributed by atoms with van der Waals surface area (Å²) in [6, 6.07) is 9.76. The van der Waals surface area contributed by atoms with Gasteiger partial charge in [0.05, 0.1) is 11.5 Å². The van der Waals surface area contributed by atoms with E-state index in [1.54, 1.807) is 49.8 Å². The molecular weight excluding hydrogens is 509 g/mol. The highest BCUT2D eigenvalue weighted by Crippen LogP contribution is 2.31. The molecule has 0 amide bonds. The monoisotopic (exact) mass is 549 g/mol. The van der Waals surface area contributed by atoms with E-state index in [2.05, 4.69) is 37.1 Å². The lowest BCUT2D eigenvalue weighted by Crippen LogP contribution is -2.10. The Kier molecular flexibility index (Phi) is 13.1. The fraction of sp³-hybridized carbons (Fsp3) is 0.300. The number of nitrogens with one attached hydrogen (secondary N) is 3. The van der Waals surface area contributed by atoms with Gasteiger partial charge >= 0.3 is 0 Å². The lowest BCUT2D eigenvalue weighted by Gasteiger charge is -2.15. The molecule has 4 rings (SSSR count). The van der Waals surface area contributed by atoms with Gasteiger partial charge in [-0.25, -0.2) is 9.37 Å². The van der Waals surface area contributed by atoms with Crippen molar-refractivity contribution in [2.24, 2.45) is 0 Å². The predicted octanol–water partition coefficient (Wildman–Crippen LogP) is 7.96. The molecule has 9 nitrogen and oxygen atoms in total. The number of rotatable bonds is 11. The molecule has 3 aromatic heterocycles. The van der Waals surface area contributed by atoms with E-state index in [9.17, 15) is 4.39 Å². The van der Waals surface area contributed by atoms with Crippen LogP contribution in [-0.4, -0.2) is 33.1 Å². The molecule has 0 spiro atoms. The molecule has 0 aliphatic heterocycles. The first kappa shape index (κ1) is 31.8. The van der Waals surface area contributed by atoms with E-state index < -0.39 is 5.82 Å². The minimum Gasteiger partial charge on any atom is -0.453 e. The summed E-state index contributed by atoms with van der Waals surface area (Å²) in [5.41, 5.74) is 7.96. The molecule has 40 heavy (non-hydrogen) atoms. The van der Waals surface area contributed by atoms with Crippen molar-refractivity contribution in [3.8, 4) is 11.5 Å². The number of nitrogen functional groups attached to an aromatic ring is 1. The summed E-state index contributed by atoms with van der Waals surface area (Å²) in [4.78, 5) is 15.7. The largest absolute Gasteiger partial charge is 0.453 e. The van der Waals surface area contributed by atoms with Crippen LogP contribution in [0.5, 0.6) is 11.5 Å². The highest BCUT2D eigenvalue weighted by molar-refractivity contribution is 5.82. The van der Waals surface area contributed by atoms with Gasteiger partial charge in [-0.2, -0.15) is 9.97 Å². The van der Waals surface area contributed by atoms with Crippen LogP contribution in [0.1, 0.15) is 47.5 Å². The molecule has 0 bridgehead atoms. The molecule has 0 aliphatic carbocycles. The maximum Gasteiger partial charge on any atom is 0.223 e. The Morgan fingerprint density at radius 1 is 1.10 bits per heavy atom. The highest BCUT2D eigenvalue weighted by atomic mass is 19.1. The summed E-state index contributed by atoms with van der Waals surface area (Å²) < 4.78 is 26.0. The van der Waals surface area contributed by atoms with Crippen LogP contribution in [0.3, 0.4) is 0 Å². The van der Waals surface area contributed by atoms with Crippen molar-refractivity contribution in [2.45, 2.75) is 53.6 Å². The van der Waals surface area contributed by atoms with E-state index in [1.165, 1.54) is 6.07 Å². The van der Waals surface area contributed by atoms with E-state index in [0.717, 1.165) is 23.9 Å². The van der Waals surface area contributed by atoms with E-state index in [4.69, 9.17) is 15.2 Å². The number of pyridine rings is 1. The van der Waals surface area contributed by atoms with E-state index >= 15 is 0 Å². The second kappa shape index (κ2) is 16.5. The first-order valence-electron chi connectivity index (χ1n) is 13.4. The average Bonchev–Trinajstić information content (AvgIpc) is 3.45. The number of nitrogens with two attached hydrogens (primary N) is 1.